The van der Waals surface area contributed by atoms with Gasteiger partial charge in [-0.15, -0.1) is 0 Å². The average molecular weight is 396 g/mol. The molecule has 30 heavy (non-hydrogen) atoms. The van der Waals surface area contributed by atoms with E-state index in [1.54, 1.807) is 12.1 Å². The van der Waals surface area contributed by atoms with E-state index in [0.717, 1.165) is 34.0 Å². The van der Waals surface area contributed by atoms with Crippen molar-refractivity contribution < 1.29 is 9.13 Å². The van der Waals surface area contributed by atoms with E-state index in [1.165, 1.54) is 6.07 Å². The fourth-order valence-corrected chi connectivity index (χ4v) is 3.88. The molecule has 0 aliphatic carbocycles. The van der Waals surface area contributed by atoms with Crippen LogP contribution in [0.5, 0.6) is 5.75 Å². The summed E-state index contributed by atoms with van der Waals surface area (Å²) in [7, 11) is 0. The minimum absolute atomic E-state index is 0.263. The van der Waals surface area contributed by atoms with Crippen molar-refractivity contribution in [2.45, 2.75) is 13.0 Å². The molecule has 0 unspecified atom stereocenters. The van der Waals surface area contributed by atoms with E-state index in [1.807, 2.05) is 54.6 Å². The normalized spacial score (nSPS) is 11.2. The summed E-state index contributed by atoms with van der Waals surface area (Å²) in [5.74, 6) is 1.28. The molecule has 0 saturated carbocycles. The first-order valence-electron chi connectivity index (χ1n) is 10.1. The molecule has 0 bridgehead atoms. The first-order chi connectivity index (χ1) is 14.8. The average Bonchev–Trinajstić information content (AvgIpc) is 3.15. The third-order valence-electron chi connectivity index (χ3n) is 5.30. The Hall–Kier alpha value is -3.66. The lowest BCUT2D eigenvalue weighted by Gasteiger charge is -2.12. The van der Waals surface area contributed by atoms with Crippen molar-refractivity contribution in [3.8, 4) is 17.1 Å². The maximum absolute atomic E-state index is 14.5. The quantitative estimate of drug-likeness (QED) is 0.308. The van der Waals surface area contributed by atoms with E-state index in [9.17, 15) is 4.39 Å². The molecular formula is C26H21FN2O. The number of halogens is 1. The van der Waals surface area contributed by atoms with Crippen molar-refractivity contribution >= 4 is 21.8 Å². The van der Waals surface area contributed by atoms with Gasteiger partial charge in [-0.25, -0.2) is 9.37 Å². The second-order valence-corrected chi connectivity index (χ2v) is 7.23. The SMILES string of the molecule is Fc1ccccc1-c1nc2ccccc2n1CCCOc1cccc2ccccc12. The molecule has 0 amide bonds. The number of nitrogens with zero attached hydrogens (tertiary/aromatic N) is 2. The van der Waals surface area contributed by atoms with Crippen LogP contribution in [0, 0.1) is 5.82 Å². The predicted molar refractivity (Wildman–Crippen MR) is 119 cm³/mol. The summed E-state index contributed by atoms with van der Waals surface area (Å²) < 4.78 is 22.6. The zero-order chi connectivity index (χ0) is 20.3. The molecule has 0 saturated heterocycles. The molecular weight excluding hydrogens is 375 g/mol. The van der Waals surface area contributed by atoms with Gasteiger partial charge in [0.05, 0.1) is 23.2 Å². The number of hydrogen-bond acceptors (Lipinski definition) is 2. The third-order valence-corrected chi connectivity index (χ3v) is 5.30. The maximum Gasteiger partial charge on any atom is 0.144 e. The number of para-hydroxylation sites is 2. The zero-order valence-electron chi connectivity index (χ0n) is 16.5. The Kier molecular flexibility index (Phi) is 4.89. The summed E-state index contributed by atoms with van der Waals surface area (Å²) in [5.41, 5.74) is 2.38. The molecule has 3 nitrogen and oxygen atoms in total. The Morgan fingerprint density at radius 2 is 1.57 bits per heavy atom. The molecule has 0 aliphatic rings. The van der Waals surface area contributed by atoms with Crippen molar-refractivity contribution in [3.05, 3.63) is 96.8 Å². The Balaban J connectivity index is 1.39. The van der Waals surface area contributed by atoms with E-state index < -0.39 is 0 Å². The number of aryl methyl sites for hydroxylation is 1. The summed E-state index contributed by atoms with van der Waals surface area (Å²) in [5, 5.41) is 2.28. The summed E-state index contributed by atoms with van der Waals surface area (Å²) in [4.78, 5) is 4.70. The smallest absolute Gasteiger partial charge is 0.144 e. The van der Waals surface area contributed by atoms with Gasteiger partial charge in [0.1, 0.15) is 17.4 Å². The van der Waals surface area contributed by atoms with Gasteiger partial charge >= 0.3 is 0 Å². The van der Waals surface area contributed by atoms with Crippen LogP contribution in [0.2, 0.25) is 0 Å². The topological polar surface area (TPSA) is 27.1 Å². The van der Waals surface area contributed by atoms with Crippen molar-refractivity contribution in [1.82, 2.24) is 9.55 Å². The van der Waals surface area contributed by atoms with Crippen LogP contribution < -0.4 is 4.74 Å². The second kappa shape index (κ2) is 7.99. The van der Waals surface area contributed by atoms with Crippen LogP contribution in [0.25, 0.3) is 33.2 Å². The van der Waals surface area contributed by atoms with Gasteiger partial charge in [0.25, 0.3) is 0 Å². The predicted octanol–water partition coefficient (Wildman–Crippen LogP) is 6.46. The van der Waals surface area contributed by atoms with Crippen molar-refractivity contribution in [2.24, 2.45) is 0 Å². The van der Waals surface area contributed by atoms with E-state index in [0.29, 0.717) is 24.5 Å². The summed E-state index contributed by atoms with van der Waals surface area (Å²) >= 11 is 0. The molecule has 5 rings (SSSR count). The summed E-state index contributed by atoms with van der Waals surface area (Å²) in [6, 6.07) is 29.0. The second-order valence-electron chi connectivity index (χ2n) is 7.23. The number of fused-ring (bicyclic) bond motifs is 2. The lowest BCUT2D eigenvalue weighted by molar-refractivity contribution is 0.306. The van der Waals surface area contributed by atoms with Crippen molar-refractivity contribution in [1.29, 1.82) is 0 Å². The molecule has 0 spiro atoms. The zero-order valence-corrected chi connectivity index (χ0v) is 16.5. The molecule has 1 heterocycles. The minimum atomic E-state index is -0.263. The molecule has 0 radical (unpaired) electrons. The number of rotatable bonds is 6. The van der Waals surface area contributed by atoms with E-state index >= 15 is 0 Å². The Morgan fingerprint density at radius 3 is 2.50 bits per heavy atom. The highest BCUT2D eigenvalue weighted by molar-refractivity contribution is 5.88. The van der Waals surface area contributed by atoms with Crippen molar-refractivity contribution in [2.75, 3.05) is 6.61 Å². The highest BCUT2D eigenvalue weighted by Crippen LogP contribution is 2.28. The summed E-state index contributed by atoms with van der Waals surface area (Å²) in [6.07, 6.45) is 0.783. The number of hydrogen-bond donors (Lipinski definition) is 0. The minimum Gasteiger partial charge on any atom is -0.493 e. The fraction of sp³-hybridized carbons (Fsp3) is 0.115. The fourth-order valence-electron chi connectivity index (χ4n) is 3.88. The van der Waals surface area contributed by atoms with Gasteiger partial charge in [0.15, 0.2) is 0 Å². The van der Waals surface area contributed by atoms with Crippen LogP contribution in [0.1, 0.15) is 6.42 Å². The molecule has 0 atom stereocenters. The molecule has 4 aromatic carbocycles. The lowest BCUT2D eigenvalue weighted by Crippen LogP contribution is -2.06. The Bertz CT molecular complexity index is 1320. The standard InChI is InChI=1S/C26H21FN2O/c27-22-13-4-3-12-21(22)26-28-23-14-5-6-15-24(23)29(26)17-8-18-30-25-16-7-10-19-9-1-2-11-20(19)25/h1-7,9-16H,8,17-18H2. The van der Waals surface area contributed by atoms with Crippen LogP contribution in [-0.2, 0) is 6.54 Å². The van der Waals surface area contributed by atoms with Crippen LogP contribution >= 0.6 is 0 Å². The van der Waals surface area contributed by atoms with Gasteiger partial charge in [-0.05, 0) is 42.1 Å². The maximum atomic E-state index is 14.5. The van der Waals surface area contributed by atoms with E-state index in [2.05, 4.69) is 22.8 Å². The Morgan fingerprint density at radius 1 is 0.800 bits per heavy atom. The van der Waals surface area contributed by atoms with Crippen LogP contribution in [0.3, 0.4) is 0 Å². The van der Waals surface area contributed by atoms with E-state index in [-0.39, 0.29) is 5.82 Å². The molecule has 5 aromatic rings. The molecule has 0 fully saturated rings. The molecule has 1 aromatic heterocycles. The first kappa shape index (κ1) is 18.4. The molecule has 0 N–H and O–H groups in total. The van der Waals surface area contributed by atoms with Crippen molar-refractivity contribution in [3.63, 3.8) is 0 Å². The highest BCUT2D eigenvalue weighted by Gasteiger charge is 2.15. The largest absolute Gasteiger partial charge is 0.493 e. The van der Waals surface area contributed by atoms with Gasteiger partial charge in [-0.1, -0.05) is 60.7 Å². The van der Waals surface area contributed by atoms with E-state index in [4.69, 9.17) is 9.72 Å². The van der Waals surface area contributed by atoms with Gasteiger partial charge in [-0.2, -0.15) is 0 Å². The number of aromatic nitrogens is 2. The number of benzene rings is 4. The monoisotopic (exact) mass is 396 g/mol. The molecule has 4 heteroatoms. The first-order valence-corrected chi connectivity index (χ1v) is 10.1. The van der Waals surface area contributed by atoms with Crippen LogP contribution in [0.15, 0.2) is 91.0 Å². The lowest BCUT2D eigenvalue weighted by atomic mass is 10.1. The van der Waals surface area contributed by atoms with Crippen LogP contribution in [-0.4, -0.2) is 16.2 Å². The summed E-state index contributed by atoms with van der Waals surface area (Å²) in [6.45, 7) is 1.26. The highest BCUT2D eigenvalue weighted by atomic mass is 19.1. The molecule has 0 aliphatic heterocycles. The van der Waals surface area contributed by atoms with Gasteiger partial charge in [0.2, 0.25) is 0 Å². The van der Waals surface area contributed by atoms with Gasteiger partial charge in [-0.3, -0.25) is 0 Å². The molecule has 148 valence electrons. The van der Waals surface area contributed by atoms with Crippen LogP contribution in [0.4, 0.5) is 4.39 Å². The number of ether oxygens (including phenoxy) is 1. The van der Waals surface area contributed by atoms with Gasteiger partial charge < -0.3 is 9.30 Å². The van der Waals surface area contributed by atoms with Gasteiger partial charge in [0, 0.05) is 11.9 Å². The third kappa shape index (κ3) is 3.41. The number of imidazole rings is 1. The Labute approximate surface area is 174 Å².